The lowest BCUT2D eigenvalue weighted by atomic mass is 10.6. The first-order valence-electron chi connectivity index (χ1n) is 4.47. The monoisotopic (exact) mass is 214 g/mol. The first-order chi connectivity index (χ1) is 6.95. The van der Waals surface area contributed by atoms with Gasteiger partial charge in [0.1, 0.15) is 0 Å². The normalized spacial score (nSPS) is 10.6. The van der Waals surface area contributed by atoms with Crippen LogP contribution in [0.2, 0.25) is 0 Å². The molecule has 0 saturated carbocycles. The highest BCUT2D eigenvalue weighted by molar-refractivity contribution is 6.51. The van der Waals surface area contributed by atoms with Crippen LogP contribution < -0.4 is 0 Å². The van der Waals surface area contributed by atoms with E-state index in [2.05, 4.69) is 32.3 Å². The summed E-state index contributed by atoms with van der Waals surface area (Å²) in [7, 11) is -1.67. The van der Waals surface area contributed by atoms with Crippen LogP contribution in [0.4, 0.5) is 0 Å². The molecule has 0 atom stereocenters. The third-order valence-corrected chi connectivity index (χ3v) is 4.79. The van der Waals surface area contributed by atoms with Crippen molar-refractivity contribution in [3.63, 3.8) is 0 Å². The lowest BCUT2D eigenvalue weighted by Gasteiger charge is -1.89. The molecule has 2 nitrogen and oxygen atoms in total. The Morgan fingerprint density at radius 1 is 0.500 bits per heavy atom. The molecule has 0 radical (unpaired) electrons. The van der Waals surface area contributed by atoms with Crippen LogP contribution in [0.5, 0.6) is 0 Å². The average molecular weight is 214 g/mol. The fourth-order valence-electron chi connectivity index (χ4n) is 1.10. The third kappa shape index (κ3) is 2.61. The van der Waals surface area contributed by atoms with Gasteiger partial charge in [0.15, 0.2) is 0 Å². The summed E-state index contributed by atoms with van der Waals surface area (Å²) in [5.74, 6) is 0. The highest BCUT2D eigenvalue weighted by atomic mass is 28.2. The van der Waals surface area contributed by atoms with E-state index in [1.807, 2.05) is 36.4 Å². The first-order valence-corrected chi connectivity index (χ1v) is 7.67. The highest BCUT2D eigenvalue weighted by Crippen LogP contribution is 1.90. The minimum Gasteiger partial charge on any atom is -0.213 e. The van der Waals surface area contributed by atoms with Crippen molar-refractivity contribution < 1.29 is 0 Å². The van der Waals surface area contributed by atoms with E-state index in [1.165, 1.54) is 0 Å². The van der Waals surface area contributed by atoms with Crippen LogP contribution in [-0.2, 0) is 0 Å². The third-order valence-electron chi connectivity index (χ3n) is 1.79. The lowest BCUT2D eigenvalue weighted by Crippen LogP contribution is -1.92. The van der Waals surface area contributed by atoms with E-state index < -0.39 is 17.1 Å². The second kappa shape index (κ2) is 4.83. The van der Waals surface area contributed by atoms with E-state index in [4.69, 9.17) is 0 Å². The van der Waals surface area contributed by atoms with Gasteiger partial charge in [-0.25, -0.2) is 9.56 Å². The molecule has 2 aromatic heterocycles. The molecule has 0 unspecified atom stereocenters. The lowest BCUT2D eigenvalue weighted by molar-refractivity contribution is 1.42. The second-order valence-corrected chi connectivity index (χ2v) is 6.30. The quantitative estimate of drug-likeness (QED) is 0.542. The van der Waals surface area contributed by atoms with Gasteiger partial charge in [0.25, 0.3) is 0 Å². The summed E-state index contributed by atoms with van der Waals surface area (Å²) in [5.41, 5.74) is 8.55. The Morgan fingerprint density at radius 3 is 1.21 bits per heavy atom. The SMILES string of the molecule is c1cc[si](/N=N/[si]2ccccc2)cc1. The molecular formula is C10H10N2Si2. The largest absolute Gasteiger partial charge is 0.213 e. The molecule has 0 N–H and O–H groups in total. The summed E-state index contributed by atoms with van der Waals surface area (Å²) < 4.78 is 8.74. The van der Waals surface area contributed by atoms with Gasteiger partial charge in [0, 0.05) is 0 Å². The molecule has 2 aromatic rings. The summed E-state index contributed by atoms with van der Waals surface area (Å²) in [4.78, 5) is 0. The summed E-state index contributed by atoms with van der Waals surface area (Å²) in [6, 6.07) is 12.2. The van der Waals surface area contributed by atoms with Crippen molar-refractivity contribution >= 4 is 17.1 Å². The Bertz CT molecular complexity index is 373. The van der Waals surface area contributed by atoms with Crippen molar-refractivity contribution in [2.75, 3.05) is 0 Å². The molecule has 0 aliphatic heterocycles. The predicted octanol–water partition coefficient (Wildman–Crippen LogP) is 2.42. The zero-order chi connectivity index (χ0) is 9.64. The van der Waals surface area contributed by atoms with E-state index >= 15 is 0 Å². The Kier molecular flexibility index (Phi) is 3.21. The van der Waals surface area contributed by atoms with Gasteiger partial charge in [-0.3, -0.25) is 0 Å². The minimum absolute atomic E-state index is 0.833. The molecule has 0 saturated heterocycles. The average Bonchev–Trinajstić information content (AvgIpc) is 2.29. The molecule has 14 heavy (non-hydrogen) atoms. The summed E-state index contributed by atoms with van der Waals surface area (Å²) in [6.07, 6.45) is 0. The molecule has 0 aliphatic carbocycles. The molecular weight excluding hydrogens is 204 g/mol. The van der Waals surface area contributed by atoms with Crippen LogP contribution in [0.15, 0.2) is 68.7 Å². The maximum absolute atomic E-state index is 4.37. The molecule has 0 aromatic carbocycles. The molecule has 0 bridgehead atoms. The topological polar surface area (TPSA) is 24.7 Å². The molecule has 68 valence electrons. The van der Waals surface area contributed by atoms with Crippen molar-refractivity contribution in [3.8, 4) is 0 Å². The van der Waals surface area contributed by atoms with Gasteiger partial charge < -0.3 is 0 Å². The standard InChI is InChI=1S/C10H10N2Si2/c1-3-7-13(8-4-1)11-12-14-9-5-2-6-10-14/h1-10H/b12-11+. The van der Waals surface area contributed by atoms with Crippen molar-refractivity contribution in [2.24, 2.45) is 9.56 Å². The van der Waals surface area contributed by atoms with Gasteiger partial charge in [0.05, 0.1) is 0 Å². The molecule has 4 heteroatoms. The summed E-state index contributed by atoms with van der Waals surface area (Å²) in [5, 5.41) is 0. The van der Waals surface area contributed by atoms with E-state index in [-0.39, 0.29) is 0 Å². The van der Waals surface area contributed by atoms with E-state index in [0.717, 1.165) is 0 Å². The summed E-state index contributed by atoms with van der Waals surface area (Å²) >= 11 is 0. The Hall–Kier alpha value is -1.27. The number of hydrogen-bond acceptors (Lipinski definition) is 2. The molecule has 0 aliphatic rings. The van der Waals surface area contributed by atoms with Crippen molar-refractivity contribution in [3.05, 3.63) is 59.1 Å². The fraction of sp³-hybridized carbons (Fsp3) is 0. The Balaban J connectivity index is 2.16. The fourth-order valence-corrected chi connectivity index (χ4v) is 3.75. The van der Waals surface area contributed by atoms with Gasteiger partial charge in [-0.05, 0) is 0 Å². The van der Waals surface area contributed by atoms with E-state index in [9.17, 15) is 0 Å². The van der Waals surface area contributed by atoms with Crippen molar-refractivity contribution in [1.29, 1.82) is 0 Å². The minimum atomic E-state index is -0.833. The van der Waals surface area contributed by atoms with E-state index in [1.54, 1.807) is 0 Å². The number of hydrogen-bond donors (Lipinski definition) is 0. The zero-order valence-corrected chi connectivity index (χ0v) is 9.67. The van der Waals surface area contributed by atoms with Gasteiger partial charge in [-0.1, -0.05) is 59.1 Å². The van der Waals surface area contributed by atoms with Crippen LogP contribution in [0.1, 0.15) is 0 Å². The maximum Gasteiger partial charge on any atom is 0.211 e. The molecule has 2 rings (SSSR count). The molecule has 0 fully saturated rings. The smallest absolute Gasteiger partial charge is 0.211 e. The second-order valence-electron chi connectivity index (χ2n) is 2.87. The maximum atomic E-state index is 4.37. The number of rotatable bonds is 2. The first kappa shape index (κ1) is 9.30. The van der Waals surface area contributed by atoms with Crippen LogP contribution in [0.3, 0.4) is 0 Å². The van der Waals surface area contributed by atoms with Gasteiger partial charge in [-0.2, -0.15) is 0 Å². The van der Waals surface area contributed by atoms with Crippen LogP contribution >= 0.6 is 0 Å². The van der Waals surface area contributed by atoms with Gasteiger partial charge in [0.2, 0.25) is 17.1 Å². The van der Waals surface area contributed by atoms with Crippen molar-refractivity contribution in [1.82, 2.24) is 0 Å². The Morgan fingerprint density at radius 2 is 0.857 bits per heavy atom. The van der Waals surface area contributed by atoms with Crippen LogP contribution in [-0.4, -0.2) is 17.1 Å². The Labute approximate surface area is 86.2 Å². The number of nitrogens with zero attached hydrogens (tertiary/aromatic N) is 2. The van der Waals surface area contributed by atoms with Crippen molar-refractivity contribution in [2.45, 2.75) is 0 Å². The van der Waals surface area contributed by atoms with Crippen LogP contribution in [0.25, 0.3) is 0 Å². The van der Waals surface area contributed by atoms with Gasteiger partial charge in [-0.15, -0.1) is 0 Å². The van der Waals surface area contributed by atoms with Crippen LogP contribution in [0, 0.1) is 0 Å². The predicted molar refractivity (Wildman–Crippen MR) is 60.4 cm³/mol. The molecule has 0 spiro atoms. The van der Waals surface area contributed by atoms with Gasteiger partial charge >= 0.3 is 0 Å². The molecule has 2 heterocycles. The molecule has 0 amide bonds. The highest BCUT2D eigenvalue weighted by Gasteiger charge is 1.89. The summed E-state index contributed by atoms with van der Waals surface area (Å²) in [6.45, 7) is 0. The van der Waals surface area contributed by atoms with E-state index in [0.29, 0.717) is 0 Å². The zero-order valence-electron chi connectivity index (χ0n) is 7.67.